The molecule has 1 saturated heterocycles. The van der Waals surface area contributed by atoms with Crippen LogP contribution in [0.3, 0.4) is 0 Å². The highest BCUT2D eigenvalue weighted by Gasteiger charge is 2.34. The number of alkyl halides is 3. The number of thiazole rings is 1. The molecule has 2 aromatic heterocycles. The van der Waals surface area contributed by atoms with Gasteiger partial charge >= 0.3 is 12.3 Å². The molecule has 0 unspecified atom stereocenters. The molecule has 4 rings (SSSR count). The number of nitrogens with zero attached hydrogens (tertiary/aromatic N) is 4. The van der Waals surface area contributed by atoms with E-state index in [0.717, 1.165) is 23.7 Å². The molecule has 1 fully saturated rings. The molecule has 0 aliphatic carbocycles. The smallest absolute Gasteiger partial charge is 0.451 e. The van der Waals surface area contributed by atoms with Gasteiger partial charge < -0.3 is 24.8 Å². The predicted octanol–water partition coefficient (Wildman–Crippen LogP) is 4.43. The summed E-state index contributed by atoms with van der Waals surface area (Å²) in [6, 6.07) is 4.23. The second-order valence-corrected chi connectivity index (χ2v) is 9.91. The van der Waals surface area contributed by atoms with Gasteiger partial charge in [-0.1, -0.05) is 6.92 Å². The number of aryl methyl sites for hydroxylation is 1. The fourth-order valence-electron chi connectivity index (χ4n) is 3.80. The summed E-state index contributed by atoms with van der Waals surface area (Å²) in [7, 11) is 0. The third kappa shape index (κ3) is 7.20. The van der Waals surface area contributed by atoms with E-state index in [0.29, 0.717) is 21.9 Å². The lowest BCUT2D eigenvalue weighted by Crippen LogP contribution is -2.47. The van der Waals surface area contributed by atoms with E-state index in [9.17, 15) is 27.9 Å². The molecule has 0 radical (unpaired) electrons. The van der Waals surface area contributed by atoms with Gasteiger partial charge in [0, 0.05) is 46.7 Å². The van der Waals surface area contributed by atoms with Crippen molar-refractivity contribution in [2.45, 2.75) is 38.6 Å². The average molecular weight is 566 g/mol. The number of ether oxygens (including phenoxy) is 2. The topological polar surface area (TPSA) is 127 Å². The van der Waals surface area contributed by atoms with E-state index in [4.69, 9.17) is 9.47 Å². The Hall–Kier alpha value is -3.78. The number of nitrogens with one attached hydrogen (secondary N) is 1. The first kappa shape index (κ1) is 28.2. The van der Waals surface area contributed by atoms with Crippen LogP contribution in [0.15, 0.2) is 36.8 Å². The van der Waals surface area contributed by atoms with Gasteiger partial charge in [-0.3, -0.25) is 4.79 Å². The number of aromatic nitrogens is 3. The number of hydrogen-bond donors (Lipinski definition) is 2. The van der Waals surface area contributed by atoms with Gasteiger partial charge in [0.1, 0.15) is 23.5 Å². The van der Waals surface area contributed by atoms with Crippen LogP contribution in [0.5, 0.6) is 5.75 Å². The van der Waals surface area contributed by atoms with Gasteiger partial charge in [0.05, 0.1) is 19.2 Å². The molecular weight excluding hydrogens is 539 g/mol. The summed E-state index contributed by atoms with van der Waals surface area (Å²) in [5.74, 6) is -1.40. The molecule has 2 N–H and O–H groups in total. The van der Waals surface area contributed by atoms with Crippen molar-refractivity contribution in [2.75, 3.05) is 26.3 Å². The van der Waals surface area contributed by atoms with E-state index in [1.807, 2.05) is 6.92 Å². The first-order valence-electron chi connectivity index (χ1n) is 12.1. The number of rotatable bonds is 8. The minimum Gasteiger partial charge on any atom is -0.491 e. The molecule has 2 atom stereocenters. The minimum atomic E-state index is -4.66. The van der Waals surface area contributed by atoms with Crippen molar-refractivity contribution in [1.29, 1.82) is 0 Å². The Morgan fingerprint density at radius 2 is 1.97 bits per heavy atom. The highest BCUT2D eigenvalue weighted by atomic mass is 32.1. The molecule has 0 bridgehead atoms. The molecule has 39 heavy (non-hydrogen) atoms. The Morgan fingerprint density at radius 1 is 1.23 bits per heavy atom. The molecule has 3 aromatic rings. The van der Waals surface area contributed by atoms with E-state index in [-0.39, 0.29) is 31.9 Å². The molecule has 208 valence electrons. The minimum absolute atomic E-state index is 0.0612. The number of carbonyl (C=O) groups excluding carboxylic acids is 1. The molecule has 1 aromatic carbocycles. The zero-order valence-corrected chi connectivity index (χ0v) is 21.9. The van der Waals surface area contributed by atoms with Crippen molar-refractivity contribution in [2.24, 2.45) is 0 Å². The summed E-state index contributed by atoms with van der Waals surface area (Å²) in [5.41, 5.74) is 1.19. The van der Waals surface area contributed by atoms with E-state index in [1.54, 1.807) is 25.3 Å². The van der Waals surface area contributed by atoms with Crippen LogP contribution in [-0.4, -0.2) is 69.4 Å². The van der Waals surface area contributed by atoms with Crippen LogP contribution < -0.4 is 10.1 Å². The number of carbonyl (C=O) groups is 2. The Kier molecular flexibility index (Phi) is 8.65. The Bertz CT molecular complexity index is 1320. The standard InChI is InChI=1S/C25H26F3N5O5S/c1-3-20-11-29-22(39-20)16-6-15(7-18(8-16)38-13-19-12-33(24(35)36)4-5-37-19)21(34)32-14(2)17-9-30-23(31-10-17)25(26,27)28/h6-11,14,19H,3-5,12-13H2,1-2H3,(H,32,34)(H,35,36)/t14-,19-/m1/s1. The molecule has 14 heteroatoms. The van der Waals surface area contributed by atoms with Crippen molar-refractivity contribution in [3.8, 4) is 16.3 Å². The summed E-state index contributed by atoms with van der Waals surface area (Å²) < 4.78 is 49.9. The quantitative estimate of drug-likeness (QED) is 0.411. The van der Waals surface area contributed by atoms with Gasteiger partial charge in [-0.2, -0.15) is 13.2 Å². The predicted molar refractivity (Wildman–Crippen MR) is 135 cm³/mol. The maximum Gasteiger partial charge on any atom is 0.451 e. The first-order valence-corrected chi connectivity index (χ1v) is 12.9. The Balaban J connectivity index is 1.53. The van der Waals surface area contributed by atoms with Crippen molar-refractivity contribution in [3.05, 3.63) is 58.6 Å². The Labute approximate surface area is 225 Å². The number of amides is 2. The monoisotopic (exact) mass is 565 g/mol. The van der Waals surface area contributed by atoms with E-state index < -0.39 is 36.1 Å². The third-order valence-electron chi connectivity index (χ3n) is 5.94. The lowest BCUT2D eigenvalue weighted by molar-refractivity contribution is -0.145. The lowest BCUT2D eigenvalue weighted by atomic mass is 10.1. The molecule has 0 saturated carbocycles. The van der Waals surface area contributed by atoms with Crippen molar-refractivity contribution in [3.63, 3.8) is 0 Å². The summed E-state index contributed by atoms with van der Waals surface area (Å²) in [5, 5.41) is 12.7. The number of morpholine rings is 1. The highest BCUT2D eigenvalue weighted by Crippen LogP contribution is 2.31. The lowest BCUT2D eigenvalue weighted by Gasteiger charge is -2.30. The van der Waals surface area contributed by atoms with E-state index in [2.05, 4.69) is 20.3 Å². The van der Waals surface area contributed by atoms with Gasteiger partial charge in [-0.15, -0.1) is 11.3 Å². The largest absolute Gasteiger partial charge is 0.491 e. The molecular formula is C25H26F3N5O5S. The third-order valence-corrected chi connectivity index (χ3v) is 7.13. The zero-order valence-electron chi connectivity index (χ0n) is 21.1. The van der Waals surface area contributed by atoms with Crippen molar-refractivity contribution >= 4 is 23.3 Å². The van der Waals surface area contributed by atoms with Crippen LogP contribution in [0.4, 0.5) is 18.0 Å². The van der Waals surface area contributed by atoms with Crippen LogP contribution in [0.2, 0.25) is 0 Å². The average Bonchev–Trinajstić information content (AvgIpc) is 3.41. The first-order chi connectivity index (χ1) is 18.5. The van der Waals surface area contributed by atoms with Gasteiger partial charge in [0.2, 0.25) is 5.82 Å². The summed E-state index contributed by atoms with van der Waals surface area (Å²) in [6.07, 6.45) is -1.57. The van der Waals surface area contributed by atoms with Crippen LogP contribution >= 0.6 is 11.3 Å². The second-order valence-electron chi connectivity index (χ2n) is 8.80. The number of benzene rings is 1. The maximum atomic E-state index is 13.2. The normalized spacial score (nSPS) is 16.5. The molecule has 3 heterocycles. The second kappa shape index (κ2) is 11.9. The van der Waals surface area contributed by atoms with Crippen LogP contribution in [0.25, 0.3) is 10.6 Å². The SMILES string of the molecule is CCc1cnc(-c2cc(OC[C@H]3CN(C(=O)O)CCO3)cc(C(=O)N[C@H](C)c3cnc(C(F)(F)F)nc3)c2)s1. The summed E-state index contributed by atoms with van der Waals surface area (Å²) >= 11 is 1.48. The molecule has 1 aliphatic heterocycles. The van der Waals surface area contributed by atoms with Crippen LogP contribution in [-0.2, 0) is 17.3 Å². The molecule has 2 amide bonds. The number of hydrogen-bond acceptors (Lipinski definition) is 8. The van der Waals surface area contributed by atoms with Crippen molar-refractivity contribution < 1.29 is 37.3 Å². The van der Waals surface area contributed by atoms with Gasteiger partial charge in [0.25, 0.3) is 5.91 Å². The summed E-state index contributed by atoms with van der Waals surface area (Å²) in [6.45, 7) is 4.35. The molecule has 10 nitrogen and oxygen atoms in total. The van der Waals surface area contributed by atoms with E-state index >= 15 is 0 Å². The zero-order chi connectivity index (χ0) is 28.2. The molecule has 0 spiro atoms. The fourth-order valence-corrected chi connectivity index (χ4v) is 4.63. The molecule has 1 aliphatic rings. The fraction of sp³-hybridized carbons (Fsp3) is 0.400. The maximum absolute atomic E-state index is 13.2. The number of halogens is 3. The van der Waals surface area contributed by atoms with Crippen LogP contribution in [0.1, 0.15) is 46.5 Å². The number of carboxylic acid groups (broad SMARTS) is 1. The van der Waals surface area contributed by atoms with E-state index in [1.165, 1.54) is 22.3 Å². The van der Waals surface area contributed by atoms with Crippen molar-refractivity contribution in [1.82, 2.24) is 25.2 Å². The summed E-state index contributed by atoms with van der Waals surface area (Å²) in [4.78, 5) is 37.9. The van der Waals surface area contributed by atoms with Gasteiger partial charge in [-0.25, -0.2) is 19.7 Å². The van der Waals surface area contributed by atoms with Crippen LogP contribution in [0, 0.1) is 0 Å². The Morgan fingerprint density at radius 3 is 2.62 bits per heavy atom. The highest BCUT2D eigenvalue weighted by molar-refractivity contribution is 7.15. The van der Waals surface area contributed by atoms with Gasteiger partial charge in [0.15, 0.2) is 0 Å². The van der Waals surface area contributed by atoms with Gasteiger partial charge in [-0.05, 0) is 31.5 Å².